The zero-order valence-electron chi connectivity index (χ0n) is 24.0. The van der Waals surface area contributed by atoms with Crippen LogP contribution in [-0.4, -0.2) is 6.67 Å². The fourth-order valence-corrected chi connectivity index (χ4v) is 7.37. The molecule has 0 aliphatic heterocycles. The van der Waals surface area contributed by atoms with Crippen molar-refractivity contribution in [2.24, 2.45) is 17.8 Å². The second kappa shape index (κ2) is 15.8. The number of unbranched alkanes of at least 4 members (excludes halogenated alkanes) is 6. The molecule has 0 unspecified atom stereocenters. The van der Waals surface area contributed by atoms with E-state index in [0.29, 0.717) is 12.3 Å². The molecule has 0 nitrogen and oxygen atoms in total. The topological polar surface area (TPSA) is 0 Å². The molecule has 0 aromatic heterocycles. The van der Waals surface area contributed by atoms with Gasteiger partial charge in [0.25, 0.3) is 0 Å². The summed E-state index contributed by atoms with van der Waals surface area (Å²) in [4.78, 5) is 0. The Labute approximate surface area is 232 Å². The van der Waals surface area contributed by atoms with Gasteiger partial charge in [-0.05, 0) is 110 Å². The van der Waals surface area contributed by atoms with Crippen LogP contribution in [0.15, 0.2) is 42.5 Å². The second-order valence-electron chi connectivity index (χ2n) is 12.5. The van der Waals surface area contributed by atoms with Crippen molar-refractivity contribution >= 4 is 0 Å². The van der Waals surface area contributed by atoms with Crippen LogP contribution < -0.4 is 0 Å². The Kier molecular flexibility index (Phi) is 12.2. The molecule has 0 saturated heterocycles. The lowest BCUT2D eigenvalue weighted by Crippen LogP contribution is -2.25. The van der Waals surface area contributed by atoms with Crippen LogP contribution in [0.1, 0.15) is 133 Å². The predicted molar refractivity (Wildman–Crippen MR) is 159 cm³/mol. The van der Waals surface area contributed by atoms with Crippen molar-refractivity contribution in [3.8, 4) is 11.1 Å². The third-order valence-electron chi connectivity index (χ3n) is 9.89. The number of alkyl halides is 1. The van der Waals surface area contributed by atoms with Crippen LogP contribution in [0.3, 0.4) is 0 Å². The average Bonchev–Trinajstić information content (AvgIpc) is 2.96. The standard InChI is InChI=1S/C36H52F2/c1-2-3-7-10-28-12-14-29(15-13-28)30-16-18-31(19-17-30)32-20-22-33(23-21-32)35-25-24-34(36(38)27-35)11-8-5-4-6-9-26-37/h20-25,27-31H,2-19,26H2,1H3/t28-,29-,30-,31-. The molecule has 38 heavy (non-hydrogen) atoms. The largest absolute Gasteiger partial charge is 0.251 e. The minimum absolute atomic E-state index is 0.0938. The average molecular weight is 523 g/mol. The van der Waals surface area contributed by atoms with E-state index in [2.05, 4.69) is 37.3 Å². The van der Waals surface area contributed by atoms with Crippen molar-refractivity contribution < 1.29 is 8.78 Å². The fraction of sp³-hybridized carbons (Fsp3) is 0.667. The zero-order valence-corrected chi connectivity index (χ0v) is 24.0. The first-order valence-electron chi connectivity index (χ1n) is 16.1. The molecule has 0 bridgehead atoms. The van der Waals surface area contributed by atoms with E-state index in [1.54, 1.807) is 6.07 Å². The van der Waals surface area contributed by atoms with E-state index in [-0.39, 0.29) is 12.5 Å². The molecule has 210 valence electrons. The van der Waals surface area contributed by atoms with Gasteiger partial charge >= 0.3 is 0 Å². The monoisotopic (exact) mass is 522 g/mol. The minimum atomic E-state index is -0.224. The van der Waals surface area contributed by atoms with Gasteiger partial charge in [0, 0.05) is 0 Å². The van der Waals surface area contributed by atoms with Gasteiger partial charge in [0.05, 0.1) is 6.67 Å². The number of rotatable bonds is 14. The Morgan fingerprint density at radius 1 is 0.658 bits per heavy atom. The highest BCUT2D eigenvalue weighted by molar-refractivity contribution is 5.64. The van der Waals surface area contributed by atoms with Gasteiger partial charge in [-0.15, -0.1) is 0 Å². The van der Waals surface area contributed by atoms with Crippen LogP contribution in [0, 0.1) is 23.6 Å². The maximum atomic E-state index is 14.8. The van der Waals surface area contributed by atoms with Gasteiger partial charge in [0.15, 0.2) is 0 Å². The molecule has 0 spiro atoms. The molecule has 2 heteroatoms. The number of halogens is 2. The molecular formula is C36H52F2. The van der Waals surface area contributed by atoms with Crippen molar-refractivity contribution in [1.82, 2.24) is 0 Å². The van der Waals surface area contributed by atoms with E-state index in [9.17, 15) is 8.78 Å². The molecule has 0 N–H and O–H groups in total. The normalized spacial score (nSPS) is 24.0. The highest BCUT2D eigenvalue weighted by Gasteiger charge is 2.31. The highest BCUT2D eigenvalue weighted by atomic mass is 19.1. The molecule has 2 saturated carbocycles. The number of benzene rings is 2. The van der Waals surface area contributed by atoms with Gasteiger partial charge in [-0.1, -0.05) is 101 Å². The van der Waals surface area contributed by atoms with Crippen molar-refractivity contribution in [2.45, 2.75) is 128 Å². The summed E-state index contributed by atoms with van der Waals surface area (Å²) in [7, 11) is 0. The van der Waals surface area contributed by atoms with Crippen LogP contribution in [0.5, 0.6) is 0 Å². The third-order valence-corrected chi connectivity index (χ3v) is 9.89. The van der Waals surface area contributed by atoms with E-state index in [1.807, 2.05) is 6.07 Å². The summed E-state index contributed by atoms with van der Waals surface area (Å²) in [6, 6.07) is 14.7. The first kappa shape index (κ1) is 29.3. The van der Waals surface area contributed by atoms with Crippen molar-refractivity contribution in [3.05, 3.63) is 59.4 Å². The summed E-state index contributed by atoms with van der Waals surface area (Å²) >= 11 is 0. The Bertz CT molecular complexity index is 917. The van der Waals surface area contributed by atoms with Gasteiger partial charge in [-0.2, -0.15) is 0 Å². The molecular weight excluding hydrogens is 470 g/mol. The zero-order chi connectivity index (χ0) is 26.6. The lowest BCUT2D eigenvalue weighted by Gasteiger charge is -2.38. The molecule has 2 fully saturated rings. The van der Waals surface area contributed by atoms with Gasteiger partial charge in [0.2, 0.25) is 0 Å². The number of aryl methyl sites for hydroxylation is 1. The van der Waals surface area contributed by atoms with E-state index >= 15 is 0 Å². The third kappa shape index (κ3) is 8.65. The van der Waals surface area contributed by atoms with Crippen LogP contribution >= 0.6 is 0 Å². The van der Waals surface area contributed by atoms with E-state index in [4.69, 9.17) is 0 Å². The Morgan fingerprint density at radius 2 is 1.29 bits per heavy atom. The first-order valence-corrected chi connectivity index (χ1v) is 16.1. The minimum Gasteiger partial charge on any atom is -0.251 e. The van der Waals surface area contributed by atoms with Crippen molar-refractivity contribution in [1.29, 1.82) is 0 Å². The number of hydrogen-bond donors (Lipinski definition) is 0. The predicted octanol–water partition coefficient (Wildman–Crippen LogP) is 11.6. The quantitative estimate of drug-likeness (QED) is 0.216. The van der Waals surface area contributed by atoms with Gasteiger partial charge < -0.3 is 0 Å². The van der Waals surface area contributed by atoms with E-state index in [0.717, 1.165) is 66.5 Å². The van der Waals surface area contributed by atoms with Crippen LogP contribution in [-0.2, 0) is 6.42 Å². The molecule has 0 amide bonds. The maximum Gasteiger partial charge on any atom is 0.127 e. The molecule has 2 aromatic rings. The Morgan fingerprint density at radius 3 is 1.95 bits per heavy atom. The van der Waals surface area contributed by atoms with Crippen molar-refractivity contribution in [3.63, 3.8) is 0 Å². The molecule has 0 heterocycles. The van der Waals surface area contributed by atoms with Gasteiger partial charge in [-0.3, -0.25) is 4.39 Å². The van der Waals surface area contributed by atoms with E-state index in [1.165, 1.54) is 82.6 Å². The molecule has 2 aliphatic carbocycles. The molecule has 2 aromatic carbocycles. The van der Waals surface area contributed by atoms with Gasteiger partial charge in [0.1, 0.15) is 5.82 Å². The van der Waals surface area contributed by atoms with Crippen LogP contribution in [0.2, 0.25) is 0 Å². The maximum absolute atomic E-state index is 14.8. The summed E-state index contributed by atoms with van der Waals surface area (Å²) in [6.45, 7) is 2.09. The highest BCUT2D eigenvalue weighted by Crippen LogP contribution is 2.44. The SMILES string of the molecule is CCCCC[C@H]1CC[C@H]([C@H]2CC[C@H](c3ccc(-c4ccc(CCCCCCCF)c(F)c4)cc3)CC2)CC1. The summed E-state index contributed by atoms with van der Waals surface area (Å²) in [6.07, 6.45) is 22.5. The Balaban J connectivity index is 1.21. The van der Waals surface area contributed by atoms with Crippen LogP contribution in [0.4, 0.5) is 8.78 Å². The molecule has 0 atom stereocenters. The summed E-state index contributed by atoms with van der Waals surface area (Å²) in [5.41, 5.74) is 4.35. The fourth-order valence-electron chi connectivity index (χ4n) is 7.37. The van der Waals surface area contributed by atoms with Crippen molar-refractivity contribution in [2.75, 3.05) is 6.67 Å². The first-order chi connectivity index (χ1) is 18.7. The summed E-state index contributed by atoms with van der Waals surface area (Å²) in [5.74, 6) is 3.55. The smallest absolute Gasteiger partial charge is 0.127 e. The second-order valence-corrected chi connectivity index (χ2v) is 12.5. The molecule has 4 rings (SSSR count). The number of hydrogen-bond acceptors (Lipinski definition) is 0. The molecule has 2 aliphatic rings. The lowest BCUT2D eigenvalue weighted by atomic mass is 9.68. The Hall–Kier alpha value is -1.70. The van der Waals surface area contributed by atoms with Crippen LogP contribution in [0.25, 0.3) is 11.1 Å². The van der Waals surface area contributed by atoms with Gasteiger partial charge in [-0.25, -0.2) is 4.39 Å². The summed E-state index contributed by atoms with van der Waals surface area (Å²) < 4.78 is 27.0. The summed E-state index contributed by atoms with van der Waals surface area (Å²) in [5, 5.41) is 0. The lowest BCUT2D eigenvalue weighted by molar-refractivity contribution is 0.155. The molecule has 0 radical (unpaired) electrons. The van der Waals surface area contributed by atoms with E-state index < -0.39 is 0 Å².